The fourth-order valence-corrected chi connectivity index (χ4v) is 5.58. The second-order valence-electron chi connectivity index (χ2n) is 6.35. The fraction of sp³-hybridized carbons (Fsp3) is 0.0385. The Kier molecular flexibility index (Phi) is 12.1. The van der Waals surface area contributed by atoms with Gasteiger partial charge in [0, 0.05) is 0 Å². The number of rotatable bonds is 3. The van der Waals surface area contributed by atoms with Crippen molar-refractivity contribution in [3.05, 3.63) is 121 Å². The van der Waals surface area contributed by atoms with Crippen molar-refractivity contribution in [2.24, 2.45) is 0 Å². The zero-order chi connectivity index (χ0) is 18.3. The maximum atomic E-state index is 2.99. The van der Waals surface area contributed by atoms with Crippen LogP contribution >= 0.6 is 7.92 Å². The van der Waals surface area contributed by atoms with Crippen molar-refractivity contribution in [3.8, 4) is 0 Å². The Hall–Kier alpha value is -1.53. The van der Waals surface area contributed by atoms with E-state index in [4.69, 9.17) is 0 Å². The summed E-state index contributed by atoms with van der Waals surface area (Å²) in [6.45, 7) is 0. The molecule has 4 aromatic rings. The second-order valence-corrected chi connectivity index (χ2v) is 8.57. The molecule has 0 amide bonds. The first-order valence-corrected chi connectivity index (χ1v) is 10.5. The van der Waals surface area contributed by atoms with Crippen molar-refractivity contribution in [3.63, 3.8) is 0 Å². The molecule has 0 fully saturated rings. The van der Waals surface area contributed by atoms with Crippen molar-refractivity contribution in [1.29, 1.82) is 0 Å². The van der Waals surface area contributed by atoms with Crippen LogP contribution in [0.3, 0.4) is 0 Å². The van der Waals surface area contributed by atoms with Gasteiger partial charge >= 0.3 is 21.7 Å². The minimum absolute atomic E-state index is 0. The van der Waals surface area contributed by atoms with Crippen LogP contribution in [0.15, 0.2) is 115 Å². The maximum Gasteiger partial charge on any atom is 4.00 e. The third kappa shape index (κ3) is 6.74. The third-order valence-electron chi connectivity index (χ3n) is 4.48. The minimum Gasteiger partial charge on any atom is -1.00 e. The van der Waals surface area contributed by atoms with Crippen LogP contribution in [0.2, 0.25) is 0 Å². The number of allylic oxidation sites excluding steroid dienone is 4. The van der Waals surface area contributed by atoms with Crippen LogP contribution in [0.5, 0.6) is 0 Å². The summed E-state index contributed by atoms with van der Waals surface area (Å²) in [7, 11) is -0.493. The number of hydrogen-bond donors (Lipinski definition) is 0. The van der Waals surface area contributed by atoms with E-state index >= 15 is 0 Å². The largest absolute Gasteiger partial charge is 4.00 e. The first-order valence-electron chi connectivity index (χ1n) is 9.19. The van der Waals surface area contributed by atoms with Crippen LogP contribution in [-0.2, 0) is 21.7 Å². The molecule has 5 rings (SSSR count). The van der Waals surface area contributed by atoms with Gasteiger partial charge < -0.3 is 24.8 Å². The van der Waals surface area contributed by atoms with Crippen LogP contribution in [-0.4, -0.2) is 0 Å². The molecule has 0 unspecified atom stereocenters. The number of fused-ring (bicyclic) bond motifs is 1. The summed E-state index contributed by atoms with van der Waals surface area (Å²) in [5.74, 6) is 0. The van der Waals surface area contributed by atoms with Crippen molar-refractivity contribution in [1.82, 2.24) is 0 Å². The van der Waals surface area contributed by atoms with Crippen LogP contribution in [0, 0.1) is 6.08 Å². The molecule has 0 N–H and O–H groups in total. The molecule has 0 bridgehead atoms. The molecule has 0 radical (unpaired) electrons. The van der Waals surface area contributed by atoms with E-state index in [1.165, 1.54) is 26.7 Å². The summed E-state index contributed by atoms with van der Waals surface area (Å²) < 4.78 is 0. The van der Waals surface area contributed by atoms with Gasteiger partial charge in [0.05, 0.1) is 0 Å². The van der Waals surface area contributed by atoms with Crippen LogP contribution in [0.4, 0.5) is 0 Å². The smallest absolute Gasteiger partial charge is 1.00 e. The SMILES string of the molecule is [C-]1=CC=CC1.[Cl-].[Cl-].[Ti+4].c1ccc(P(c2ccccc2)c2cc3ccccc3[cH-]2)cc1. The quantitative estimate of drug-likeness (QED) is 0.212. The van der Waals surface area contributed by atoms with E-state index in [0.717, 1.165) is 6.42 Å². The molecule has 4 aromatic carbocycles. The van der Waals surface area contributed by atoms with Gasteiger partial charge in [0.2, 0.25) is 0 Å². The van der Waals surface area contributed by atoms with E-state index in [1.54, 1.807) is 0 Å². The zero-order valence-electron chi connectivity index (χ0n) is 16.4. The molecule has 0 saturated heterocycles. The molecule has 0 saturated carbocycles. The summed E-state index contributed by atoms with van der Waals surface area (Å²) in [6.07, 6.45) is 10.0. The van der Waals surface area contributed by atoms with Gasteiger partial charge in [-0.15, -0.1) is 46.8 Å². The van der Waals surface area contributed by atoms with Crippen molar-refractivity contribution < 1.29 is 46.5 Å². The molecule has 0 atom stereocenters. The summed E-state index contributed by atoms with van der Waals surface area (Å²) in [6, 6.07) is 35.0. The van der Waals surface area contributed by atoms with Gasteiger partial charge in [0.15, 0.2) is 0 Å². The number of benzene rings is 3. The predicted molar refractivity (Wildman–Crippen MR) is 120 cm³/mol. The fourth-order valence-electron chi connectivity index (χ4n) is 3.20. The van der Waals surface area contributed by atoms with E-state index in [1.807, 2.05) is 12.2 Å². The summed E-state index contributed by atoms with van der Waals surface area (Å²) in [5.41, 5.74) is 0. The topological polar surface area (TPSA) is 0 Å². The standard InChI is InChI=1S/C21H16P.C5H5.2ClH.Ti/c1-3-11-19(12-4-1)22(20-13-5-2-6-14-20)21-15-17-9-7-8-10-18(17)16-21;1-2-4-5-3-1;;;/h1-16H;1-3H,4H2;2*1H;/q2*-1;;;+4/p-2. The Balaban J connectivity index is 0.000000499. The van der Waals surface area contributed by atoms with Crippen molar-refractivity contribution in [2.45, 2.75) is 6.42 Å². The monoisotopic (exact) mass is 482 g/mol. The molecule has 0 aromatic heterocycles. The molecule has 30 heavy (non-hydrogen) atoms. The zero-order valence-corrected chi connectivity index (χ0v) is 20.3. The van der Waals surface area contributed by atoms with Gasteiger partial charge in [0.25, 0.3) is 0 Å². The third-order valence-corrected chi connectivity index (χ3v) is 6.88. The summed E-state index contributed by atoms with van der Waals surface area (Å²) in [5, 5.41) is 6.89. The number of hydrogen-bond acceptors (Lipinski definition) is 0. The average Bonchev–Trinajstić information content (AvgIpc) is 3.43. The first kappa shape index (κ1) is 26.5. The van der Waals surface area contributed by atoms with Gasteiger partial charge in [-0.1, -0.05) is 66.7 Å². The Morgan fingerprint density at radius 2 is 1.30 bits per heavy atom. The molecule has 4 heteroatoms. The normalized spacial score (nSPS) is 11.1. The van der Waals surface area contributed by atoms with Crippen LogP contribution < -0.4 is 40.7 Å². The predicted octanol–water partition coefficient (Wildman–Crippen LogP) is -0.372. The van der Waals surface area contributed by atoms with E-state index in [0.29, 0.717) is 0 Å². The van der Waals surface area contributed by atoms with E-state index in [2.05, 4.69) is 109 Å². The Morgan fingerprint density at radius 3 is 1.77 bits per heavy atom. The van der Waals surface area contributed by atoms with E-state index in [9.17, 15) is 0 Å². The first-order chi connectivity index (χ1) is 13.4. The molecule has 0 spiro atoms. The molecular weight excluding hydrogens is 462 g/mol. The van der Waals surface area contributed by atoms with Gasteiger partial charge in [-0.05, 0) is 18.5 Å². The van der Waals surface area contributed by atoms with Crippen LogP contribution in [0.1, 0.15) is 6.42 Å². The Labute approximate surface area is 207 Å². The van der Waals surface area contributed by atoms with Crippen LogP contribution in [0.25, 0.3) is 10.8 Å². The van der Waals surface area contributed by atoms with Crippen molar-refractivity contribution in [2.75, 3.05) is 0 Å². The molecule has 1 aliphatic carbocycles. The molecule has 1 aliphatic rings. The number of halogens is 2. The average molecular weight is 483 g/mol. The Bertz CT molecular complexity index is 974. The van der Waals surface area contributed by atoms with Crippen molar-refractivity contribution >= 4 is 34.6 Å². The minimum atomic E-state index is -0.493. The molecule has 0 aliphatic heterocycles. The Morgan fingerprint density at radius 1 is 0.733 bits per heavy atom. The van der Waals surface area contributed by atoms with Gasteiger partial charge in [-0.2, -0.15) is 12.1 Å². The molecule has 0 nitrogen and oxygen atoms in total. The van der Waals surface area contributed by atoms with Gasteiger partial charge in [-0.3, -0.25) is 6.08 Å². The van der Waals surface area contributed by atoms with Gasteiger partial charge in [0.1, 0.15) is 0 Å². The summed E-state index contributed by atoms with van der Waals surface area (Å²) in [4.78, 5) is 0. The maximum absolute atomic E-state index is 2.99. The van der Waals surface area contributed by atoms with E-state index in [-0.39, 0.29) is 46.5 Å². The van der Waals surface area contributed by atoms with Gasteiger partial charge in [-0.25, -0.2) is 12.2 Å². The molecule has 0 heterocycles. The van der Waals surface area contributed by atoms with E-state index < -0.39 is 7.92 Å². The molecular formula is C26H21Cl2PTi. The molecule has 148 valence electrons. The second kappa shape index (κ2) is 13.7. The summed E-state index contributed by atoms with van der Waals surface area (Å²) >= 11 is 0.